The van der Waals surface area contributed by atoms with Crippen molar-refractivity contribution >= 4 is 17.8 Å². The van der Waals surface area contributed by atoms with Gasteiger partial charge in [-0.05, 0) is 12.5 Å². The van der Waals surface area contributed by atoms with Crippen LogP contribution in [0.15, 0.2) is 29.3 Å². The van der Waals surface area contributed by atoms with E-state index in [4.69, 9.17) is 11.6 Å². The Balaban J connectivity index is 2.58. The normalized spacial score (nSPS) is 10.8. The van der Waals surface area contributed by atoms with Crippen molar-refractivity contribution in [3.05, 3.63) is 35.4 Å². The first kappa shape index (κ1) is 9.27. The quantitative estimate of drug-likeness (QED) is 0.502. The van der Waals surface area contributed by atoms with Gasteiger partial charge in [0, 0.05) is 12.1 Å². The van der Waals surface area contributed by atoms with Crippen LogP contribution in [0.2, 0.25) is 0 Å². The Morgan fingerprint density at radius 2 is 2.00 bits per heavy atom. The fraction of sp³-hybridized carbons (Fsp3) is 0.300. The molecular formula is C10H12ClN. The summed E-state index contributed by atoms with van der Waals surface area (Å²) in [6.07, 6.45) is 1.85. The number of nitrogens with zero attached hydrogens (tertiary/aromatic N) is 1. The Hall–Kier alpha value is -0.820. The number of hydrogen-bond donors (Lipinski definition) is 0. The number of aryl methyl sites for hydroxylation is 1. The fourth-order valence-corrected chi connectivity index (χ4v) is 0.969. The van der Waals surface area contributed by atoms with Gasteiger partial charge in [-0.2, -0.15) is 0 Å². The lowest BCUT2D eigenvalue weighted by Gasteiger charge is -1.93. The van der Waals surface area contributed by atoms with Gasteiger partial charge in [0.05, 0.1) is 6.54 Å². The van der Waals surface area contributed by atoms with Gasteiger partial charge in [-0.15, -0.1) is 11.6 Å². The summed E-state index contributed by atoms with van der Waals surface area (Å²) in [6, 6.07) is 8.24. The van der Waals surface area contributed by atoms with Crippen LogP contribution in [-0.4, -0.2) is 18.6 Å². The van der Waals surface area contributed by atoms with Gasteiger partial charge >= 0.3 is 0 Å². The highest BCUT2D eigenvalue weighted by molar-refractivity contribution is 6.18. The maximum atomic E-state index is 5.48. The van der Waals surface area contributed by atoms with Crippen LogP contribution in [-0.2, 0) is 0 Å². The Bertz CT molecular complexity index is 251. The van der Waals surface area contributed by atoms with Crippen molar-refractivity contribution in [3.63, 3.8) is 0 Å². The third-order valence-electron chi connectivity index (χ3n) is 1.53. The second-order valence-corrected chi connectivity index (χ2v) is 3.01. The van der Waals surface area contributed by atoms with E-state index >= 15 is 0 Å². The second kappa shape index (κ2) is 4.94. The van der Waals surface area contributed by atoms with E-state index in [2.05, 4.69) is 24.0 Å². The van der Waals surface area contributed by atoms with E-state index in [1.807, 2.05) is 18.3 Å². The molecule has 0 amide bonds. The van der Waals surface area contributed by atoms with Crippen molar-refractivity contribution in [2.24, 2.45) is 4.99 Å². The second-order valence-electron chi connectivity index (χ2n) is 2.63. The van der Waals surface area contributed by atoms with Crippen LogP contribution >= 0.6 is 11.6 Å². The third-order valence-corrected chi connectivity index (χ3v) is 1.70. The third kappa shape index (κ3) is 3.05. The summed E-state index contributed by atoms with van der Waals surface area (Å²) >= 11 is 5.48. The molecule has 1 rings (SSSR count). The molecule has 0 saturated heterocycles. The van der Waals surface area contributed by atoms with Gasteiger partial charge in [0.15, 0.2) is 0 Å². The van der Waals surface area contributed by atoms with Gasteiger partial charge in [-0.1, -0.05) is 29.8 Å². The number of aliphatic imine (C=N–C) groups is 1. The predicted octanol–water partition coefficient (Wildman–Crippen LogP) is 2.65. The zero-order valence-corrected chi connectivity index (χ0v) is 7.88. The maximum absolute atomic E-state index is 5.48. The van der Waals surface area contributed by atoms with Gasteiger partial charge in [0.25, 0.3) is 0 Å². The standard InChI is InChI=1S/C10H12ClN/c1-9-2-4-10(5-3-9)8-12-7-6-11/h2-5,8H,6-7H2,1H3. The van der Waals surface area contributed by atoms with E-state index in [9.17, 15) is 0 Å². The van der Waals surface area contributed by atoms with Gasteiger partial charge in [-0.25, -0.2) is 0 Å². The molecule has 0 heterocycles. The van der Waals surface area contributed by atoms with Crippen LogP contribution in [0, 0.1) is 6.92 Å². The van der Waals surface area contributed by atoms with Crippen molar-refractivity contribution in [2.45, 2.75) is 6.92 Å². The highest BCUT2D eigenvalue weighted by Gasteiger charge is 1.85. The van der Waals surface area contributed by atoms with Crippen molar-refractivity contribution < 1.29 is 0 Å². The Labute approximate surface area is 78.1 Å². The van der Waals surface area contributed by atoms with Crippen molar-refractivity contribution in [3.8, 4) is 0 Å². The Kier molecular flexibility index (Phi) is 3.81. The van der Waals surface area contributed by atoms with Crippen LogP contribution in [0.3, 0.4) is 0 Å². The highest BCUT2D eigenvalue weighted by Crippen LogP contribution is 1.99. The van der Waals surface area contributed by atoms with Crippen LogP contribution < -0.4 is 0 Å². The first-order valence-electron chi connectivity index (χ1n) is 3.95. The summed E-state index contributed by atoms with van der Waals surface area (Å²) in [5.41, 5.74) is 2.40. The Morgan fingerprint density at radius 1 is 1.33 bits per heavy atom. The molecule has 1 nitrogen and oxygen atoms in total. The van der Waals surface area contributed by atoms with Gasteiger partial charge in [0.2, 0.25) is 0 Å². The zero-order valence-electron chi connectivity index (χ0n) is 7.13. The Morgan fingerprint density at radius 3 is 2.58 bits per heavy atom. The zero-order chi connectivity index (χ0) is 8.81. The number of alkyl halides is 1. The molecule has 0 aromatic heterocycles. The molecule has 0 atom stereocenters. The first-order valence-corrected chi connectivity index (χ1v) is 4.49. The molecule has 0 aliphatic carbocycles. The highest BCUT2D eigenvalue weighted by atomic mass is 35.5. The summed E-state index contributed by atoms with van der Waals surface area (Å²) in [7, 11) is 0. The predicted molar refractivity (Wildman–Crippen MR) is 54.4 cm³/mol. The number of rotatable bonds is 3. The molecule has 12 heavy (non-hydrogen) atoms. The minimum Gasteiger partial charge on any atom is -0.291 e. The molecule has 1 aromatic rings. The summed E-state index contributed by atoms with van der Waals surface area (Å²) in [5.74, 6) is 0.586. The van der Waals surface area contributed by atoms with Gasteiger partial charge in [-0.3, -0.25) is 4.99 Å². The SMILES string of the molecule is Cc1ccc(C=NCCCl)cc1. The molecule has 0 radical (unpaired) electrons. The topological polar surface area (TPSA) is 12.4 Å². The molecule has 64 valence electrons. The van der Waals surface area contributed by atoms with Crippen molar-refractivity contribution in [2.75, 3.05) is 12.4 Å². The molecule has 0 spiro atoms. The molecule has 0 bridgehead atoms. The number of benzene rings is 1. The first-order chi connectivity index (χ1) is 5.83. The van der Waals surface area contributed by atoms with E-state index in [0.717, 1.165) is 5.56 Å². The lowest BCUT2D eigenvalue weighted by atomic mass is 10.2. The van der Waals surface area contributed by atoms with E-state index in [1.165, 1.54) is 5.56 Å². The minimum atomic E-state index is 0.586. The van der Waals surface area contributed by atoms with E-state index < -0.39 is 0 Å². The lowest BCUT2D eigenvalue weighted by Crippen LogP contribution is -1.85. The lowest BCUT2D eigenvalue weighted by molar-refractivity contribution is 1.15. The monoisotopic (exact) mass is 181 g/mol. The smallest absolute Gasteiger partial charge is 0.0525 e. The summed E-state index contributed by atoms with van der Waals surface area (Å²) in [4.78, 5) is 4.13. The molecule has 0 aliphatic heterocycles. The molecule has 2 heteroatoms. The molecule has 1 aromatic carbocycles. The molecule has 0 fully saturated rings. The molecule has 0 saturated carbocycles. The van der Waals surface area contributed by atoms with Crippen LogP contribution in [0.1, 0.15) is 11.1 Å². The van der Waals surface area contributed by atoms with E-state index in [0.29, 0.717) is 12.4 Å². The molecular weight excluding hydrogens is 170 g/mol. The summed E-state index contributed by atoms with van der Waals surface area (Å²) < 4.78 is 0. The minimum absolute atomic E-state index is 0.586. The van der Waals surface area contributed by atoms with Crippen LogP contribution in [0.25, 0.3) is 0 Å². The average molecular weight is 182 g/mol. The maximum Gasteiger partial charge on any atom is 0.0525 e. The van der Waals surface area contributed by atoms with Crippen molar-refractivity contribution in [1.82, 2.24) is 0 Å². The molecule has 0 aliphatic rings. The molecule has 0 unspecified atom stereocenters. The van der Waals surface area contributed by atoms with E-state index in [1.54, 1.807) is 0 Å². The number of halogens is 1. The summed E-state index contributed by atoms with van der Waals surface area (Å²) in [5, 5.41) is 0. The largest absolute Gasteiger partial charge is 0.291 e. The van der Waals surface area contributed by atoms with Crippen LogP contribution in [0.4, 0.5) is 0 Å². The molecule has 0 N–H and O–H groups in total. The average Bonchev–Trinajstić information content (AvgIpc) is 2.09. The van der Waals surface area contributed by atoms with E-state index in [-0.39, 0.29) is 0 Å². The van der Waals surface area contributed by atoms with Crippen LogP contribution in [0.5, 0.6) is 0 Å². The summed E-state index contributed by atoms with van der Waals surface area (Å²) in [6.45, 7) is 2.76. The number of hydrogen-bond acceptors (Lipinski definition) is 1. The van der Waals surface area contributed by atoms with Gasteiger partial charge in [0.1, 0.15) is 0 Å². The van der Waals surface area contributed by atoms with Crippen molar-refractivity contribution in [1.29, 1.82) is 0 Å². The fourth-order valence-electron chi connectivity index (χ4n) is 0.871. The van der Waals surface area contributed by atoms with Gasteiger partial charge < -0.3 is 0 Å².